The van der Waals surface area contributed by atoms with Crippen LogP contribution in [-0.2, 0) is 0 Å². The van der Waals surface area contributed by atoms with Crippen LogP contribution in [0, 0.1) is 5.92 Å². The maximum Gasteiger partial charge on any atom is 0.0244 e. The van der Waals surface area contributed by atoms with E-state index in [1.165, 1.54) is 13.1 Å². The van der Waals surface area contributed by atoms with Crippen LogP contribution in [0.4, 0.5) is 0 Å². The summed E-state index contributed by atoms with van der Waals surface area (Å²) in [6.07, 6.45) is 0. The molecule has 0 aliphatic carbocycles. The fourth-order valence-electron chi connectivity index (χ4n) is 2.48. The summed E-state index contributed by atoms with van der Waals surface area (Å²) in [5, 5.41) is 4.90. The summed E-state index contributed by atoms with van der Waals surface area (Å²) < 4.78 is 0. The minimum atomic E-state index is 0.695. The zero-order valence-electron chi connectivity index (χ0n) is 10.8. The van der Waals surface area contributed by atoms with Crippen LogP contribution in [0.25, 0.3) is 0 Å². The summed E-state index contributed by atoms with van der Waals surface area (Å²) in [7, 11) is 2.06. The first-order valence-electron chi connectivity index (χ1n) is 6.08. The van der Waals surface area contributed by atoms with Gasteiger partial charge in [0.1, 0.15) is 0 Å². The van der Waals surface area contributed by atoms with Crippen LogP contribution in [0.2, 0.25) is 0 Å². The molecule has 0 aromatic heterocycles. The van der Waals surface area contributed by atoms with Gasteiger partial charge in [-0.2, -0.15) is 11.8 Å². The molecule has 3 unspecified atom stereocenters. The lowest BCUT2D eigenvalue weighted by Gasteiger charge is -2.41. The first-order chi connectivity index (χ1) is 7.04. The number of rotatable bonds is 4. The van der Waals surface area contributed by atoms with Crippen LogP contribution in [-0.4, -0.2) is 48.1 Å². The van der Waals surface area contributed by atoms with E-state index < -0.39 is 0 Å². The third-order valence-electron chi connectivity index (χ3n) is 3.10. The second-order valence-electron chi connectivity index (χ2n) is 5.08. The molecule has 0 amide bonds. The number of likely N-dealkylation sites (N-methyl/N-ethyl adjacent to an activating group) is 1. The van der Waals surface area contributed by atoms with E-state index in [4.69, 9.17) is 0 Å². The number of thioether (sulfide) groups is 1. The van der Waals surface area contributed by atoms with Gasteiger partial charge in [0.15, 0.2) is 0 Å². The highest BCUT2D eigenvalue weighted by atomic mass is 32.2. The molecular formula is C12H26N2S. The Balaban J connectivity index is 2.57. The molecule has 0 spiro atoms. The minimum Gasteiger partial charge on any atom is -0.318 e. The second kappa shape index (κ2) is 6.12. The molecule has 0 aromatic carbocycles. The molecule has 1 N–H and O–H groups in total. The number of hydrogen-bond acceptors (Lipinski definition) is 3. The summed E-state index contributed by atoms with van der Waals surface area (Å²) in [4.78, 5) is 2.67. The van der Waals surface area contributed by atoms with Crippen LogP contribution in [0.1, 0.15) is 27.7 Å². The van der Waals surface area contributed by atoms with E-state index in [9.17, 15) is 0 Å². The molecule has 1 saturated heterocycles. The first kappa shape index (κ1) is 13.3. The molecule has 2 nitrogen and oxygen atoms in total. The molecule has 0 radical (unpaired) electrons. The fraction of sp³-hybridized carbons (Fsp3) is 1.00. The quantitative estimate of drug-likeness (QED) is 0.796. The lowest BCUT2D eigenvalue weighted by Crippen LogP contribution is -2.51. The fourth-order valence-corrected chi connectivity index (χ4v) is 3.83. The highest BCUT2D eigenvalue weighted by Crippen LogP contribution is 2.27. The Morgan fingerprint density at radius 2 is 1.80 bits per heavy atom. The van der Waals surface area contributed by atoms with E-state index in [0.717, 1.165) is 23.0 Å². The summed E-state index contributed by atoms with van der Waals surface area (Å²) in [5.41, 5.74) is 0. The predicted octanol–water partition coefficient (Wildman–Crippen LogP) is 2.06. The van der Waals surface area contributed by atoms with Crippen molar-refractivity contribution < 1.29 is 0 Å². The molecule has 1 heterocycles. The highest BCUT2D eigenvalue weighted by Gasteiger charge is 2.28. The summed E-state index contributed by atoms with van der Waals surface area (Å²) in [6, 6.07) is 0.695. The standard InChI is InChI=1S/C12H26N2S/c1-9(2)12(6-13-5)14-7-10(3)15-11(4)8-14/h9-13H,6-8H2,1-5H3. The van der Waals surface area contributed by atoms with E-state index in [1.54, 1.807) is 0 Å². The SMILES string of the molecule is CNCC(C(C)C)N1CC(C)SC(C)C1. The lowest BCUT2D eigenvalue weighted by molar-refractivity contribution is 0.151. The second-order valence-corrected chi connectivity index (χ2v) is 6.96. The molecule has 0 saturated carbocycles. The minimum absolute atomic E-state index is 0.695. The summed E-state index contributed by atoms with van der Waals surface area (Å²) >= 11 is 2.13. The monoisotopic (exact) mass is 230 g/mol. The van der Waals surface area contributed by atoms with Crippen molar-refractivity contribution in [2.45, 2.75) is 44.2 Å². The van der Waals surface area contributed by atoms with Crippen molar-refractivity contribution in [3.05, 3.63) is 0 Å². The van der Waals surface area contributed by atoms with Crippen LogP contribution < -0.4 is 5.32 Å². The Hall–Kier alpha value is 0.270. The van der Waals surface area contributed by atoms with E-state index in [2.05, 4.69) is 56.7 Å². The average Bonchev–Trinajstić information content (AvgIpc) is 2.11. The Kier molecular flexibility index (Phi) is 5.44. The number of hydrogen-bond donors (Lipinski definition) is 1. The molecule has 0 aromatic rings. The Bertz CT molecular complexity index is 174. The van der Waals surface area contributed by atoms with Crippen molar-refractivity contribution in [1.29, 1.82) is 0 Å². The Morgan fingerprint density at radius 3 is 2.20 bits per heavy atom. The predicted molar refractivity (Wildman–Crippen MR) is 70.6 cm³/mol. The van der Waals surface area contributed by atoms with Crippen LogP contribution in [0.15, 0.2) is 0 Å². The molecule has 3 heteroatoms. The van der Waals surface area contributed by atoms with Crippen molar-refractivity contribution in [2.75, 3.05) is 26.7 Å². The van der Waals surface area contributed by atoms with Gasteiger partial charge >= 0.3 is 0 Å². The summed E-state index contributed by atoms with van der Waals surface area (Å²) in [6.45, 7) is 13.0. The van der Waals surface area contributed by atoms with Gasteiger partial charge in [0.05, 0.1) is 0 Å². The zero-order chi connectivity index (χ0) is 11.4. The van der Waals surface area contributed by atoms with E-state index in [0.29, 0.717) is 6.04 Å². The zero-order valence-corrected chi connectivity index (χ0v) is 11.6. The van der Waals surface area contributed by atoms with Crippen molar-refractivity contribution >= 4 is 11.8 Å². The first-order valence-corrected chi connectivity index (χ1v) is 7.03. The molecule has 0 bridgehead atoms. The van der Waals surface area contributed by atoms with Crippen molar-refractivity contribution in [2.24, 2.45) is 5.92 Å². The third-order valence-corrected chi connectivity index (χ3v) is 4.33. The molecule has 90 valence electrons. The van der Waals surface area contributed by atoms with Crippen LogP contribution >= 0.6 is 11.8 Å². The van der Waals surface area contributed by atoms with Crippen molar-refractivity contribution in [3.8, 4) is 0 Å². The van der Waals surface area contributed by atoms with Gasteiger partial charge in [-0.1, -0.05) is 27.7 Å². The average molecular weight is 230 g/mol. The largest absolute Gasteiger partial charge is 0.318 e. The van der Waals surface area contributed by atoms with E-state index >= 15 is 0 Å². The van der Waals surface area contributed by atoms with Crippen molar-refractivity contribution in [1.82, 2.24) is 10.2 Å². The molecule has 3 atom stereocenters. The highest BCUT2D eigenvalue weighted by molar-refractivity contribution is 8.00. The molecule has 1 aliphatic rings. The topological polar surface area (TPSA) is 15.3 Å². The van der Waals surface area contributed by atoms with Gasteiger partial charge in [0.2, 0.25) is 0 Å². The molecular weight excluding hydrogens is 204 g/mol. The smallest absolute Gasteiger partial charge is 0.0244 e. The molecule has 15 heavy (non-hydrogen) atoms. The maximum atomic E-state index is 3.33. The van der Waals surface area contributed by atoms with E-state index in [-0.39, 0.29) is 0 Å². The van der Waals surface area contributed by atoms with Gasteiger partial charge in [-0.3, -0.25) is 4.90 Å². The van der Waals surface area contributed by atoms with Crippen LogP contribution in [0.3, 0.4) is 0 Å². The molecule has 1 fully saturated rings. The maximum absolute atomic E-state index is 3.33. The normalized spacial score (nSPS) is 30.8. The molecule has 1 rings (SSSR count). The van der Waals surface area contributed by atoms with Crippen LogP contribution in [0.5, 0.6) is 0 Å². The van der Waals surface area contributed by atoms with E-state index in [1.807, 2.05) is 0 Å². The van der Waals surface area contributed by atoms with Gasteiger partial charge in [0.25, 0.3) is 0 Å². The number of nitrogens with zero attached hydrogens (tertiary/aromatic N) is 1. The number of nitrogens with one attached hydrogen (secondary N) is 1. The Morgan fingerprint density at radius 1 is 1.27 bits per heavy atom. The van der Waals surface area contributed by atoms with Gasteiger partial charge in [0, 0.05) is 36.2 Å². The van der Waals surface area contributed by atoms with Gasteiger partial charge < -0.3 is 5.32 Å². The van der Waals surface area contributed by atoms with Gasteiger partial charge in [-0.25, -0.2) is 0 Å². The molecule has 1 aliphatic heterocycles. The Labute approximate surface area is 99.2 Å². The lowest BCUT2D eigenvalue weighted by atomic mass is 10.0. The van der Waals surface area contributed by atoms with Gasteiger partial charge in [-0.05, 0) is 13.0 Å². The van der Waals surface area contributed by atoms with Crippen molar-refractivity contribution in [3.63, 3.8) is 0 Å². The van der Waals surface area contributed by atoms with Gasteiger partial charge in [-0.15, -0.1) is 0 Å². The summed E-state index contributed by atoms with van der Waals surface area (Å²) in [5.74, 6) is 0.736. The third kappa shape index (κ3) is 3.97.